The second kappa shape index (κ2) is 27.2. The van der Waals surface area contributed by atoms with Crippen molar-refractivity contribution in [3.8, 4) is 0 Å². The van der Waals surface area contributed by atoms with Crippen LogP contribution in [0.5, 0.6) is 0 Å². The molecule has 0 bridgehead atoms. The largest absolute Gasteiger partial charge is 0.393 e. The molecule has 1 heteroatoms. The summed E-state index contributed by atoms with van der Waals surface area (Å²) >= 11 is 0. The van der Waals surface area contributed by atoms with Crippen LogP contribution in [0.1, 0.15) is 188 Å². The minimum atomic E-state index is -0.0469. The Balaban J connectivity index is 3.86. The summed E-state index contributed by atoms with van der Waals surface area (Å²) in [5, 5.41) is 10.7. The van der Waals surface area contributed by atoms with Crippen LogP contribution in [0.15, 0.2) is 0 Å². The van der Waals surface area contributed by atoms with Gasteiger partial charge in [-0.15, -0.1) is 0 Å². The molecule has 2 atom stereocenters. The molecule has 0 amide bonds. The first-order chi connectivity index (χ1) is 15.7. The van der Waals surface area contributed by atoms with E-state index in [4.69, 9.17) is 0 Å². The molecule has 194 valence electrons. The fourth-order valence-electron chi connectivity index (χ4n) is 5.18. The lowest BCUT2D eigenvalue weighted by molar-refractivity contribution is 0.123. The summed E-state index contributed by atoms with van der Waals surface area (Å²) in [6.07, 6.45) is 35.3. The molecule has 2 unspecified atom stereocenters. The van der Waals surface area contributed by atoms with E-state index < -0.39 is 0 Å². The molecule has 0 aromatic heterocycles. The molecule has 0 radical (unpaired) electrons. The zero-order valence-electron chi connectivity index (χ0n) is 23.0. The van der Waals surface area contributed by atoms with Gasteiger partial charge in [0.1, 0.15) is 0 Å². The number of unbranched alkanes of at least 4 members (excludes halogenated alkanes) is 19. The van der Waals surface area contributed by atoms with E-state index in [9.17, 15) is 5.11 Å². The summed E-state index contributed by atoms with van der Waals surface area (Å²) in [7, 11) is 0. The van der Waals surface area contributed by atoms with Crippen molar-refractivity contribution in [2.45, 2.75) is 194 Å². The maximum absolute atomic E-state index is 10.7. The van der Waals surface area contributed by atoms with Crippen LogP contribution in [0.3, 0.4) is 0 Å². The van der Waals surface area contributed by atoms with Crippen LogP contribution in [-0.4, -0.2) is 11.2 Å². The van der Waals surface area contributed by atoms with Gasteiger partial charge in [-0.2, -0.15) is 0 Å². The van der Waals surface area contributed by atoms with Crippen molar-refractivity contribution in [3.05, 3.63) is 0 Å². The number of aliphatic hydroxyl groups excluding tert-OH is 1. The summed E-state index contributed by atoms with van der Waals surface area (Å²) in [6.45, 7) is 6.89. The van der Waals surface area contributed by atoms with Gasteiger partial charge in [0.2, 0.25) is 0 Å². The minimum Gasteiger partial charge on any atom is -0.393 e. The second-order valence-electron chi connectivity index (χ2n) is 10.8. The van der Waals surface area contributed by atoms with Gasteiger partial charge in [0.25, 0.3) is 0 Å². The highest BCUT2D eigenvalue weighted by Crippen LogP contribution is 2.25. The smallest absolute Gasteiger partial charge is 0.0542 e. The van der Waals surface area contributed by atoms with Gasteiger partial charge in [-0.1, -0.05) is 175 Å². The molecule has 0 rings (SSSR count). The van der Waals surface area contributed by atoms with E-state index >= 15 is 0 Å². The molecule has 0 saturated heterocycles. The highest BCUT2D eigenvalue weighted by Gasteiger charge is 2.14. The lowest BCUT2D eigenvalue weighted by Crippen LogP contribution is -2.14. The van der Waals surface area contributed by atoms with Gasteiger partial charge in [-0.3, -0.25) is 0 Å². The van der Waals surface area contributed by atoms with Crippen LogP contribution < -0.4 is 0 Å². The third-order valence-electron chi connectivity index (χ3n) is 7.43. The lowest BCUT2D eigenvalue weighted by Gasteiger charge is -2.20. The van der Waals surface area contributed by atoms with Gasteiger partial charge in [-0.05, 0) is 18.8 Å². The lowest BCUT2D eigenvalue weighted by atomic mass is 9.88. The van der Waals surface area contributed by atoms with Crippen molar-refractivity contribution in [3.63, 3.8) is 0 Å². The van der Waals surface area contributed by atoms with Crippen molar-refractivity contribution in [2.75, 3.05) is 0 Å². The van der Waals surface area contributed by atoms with Crippen LogP contribution in [-0.2, 0) is 0 Å². The quantitative estimate of drug-likeness (QED) is 0.123. The predicted molar refractivity (Wildman–Crippen MR) is 147 cm³/mol. The van der Waals surface area contributed by atoms with Gasteiger partial charge >= 0.3 is 0 Å². The predicted octanol–water partition coefficient (Wildman–Crippen LogP) is 11.2. The summed E-state index contributed by atoms with van der Waals surface area (Å²) in [5.41, 5.74) is 0. The van der Waals surface area contributed by atoms with Crippen molar-refractivity contribution >= 4 is 0 Å². The number of aliphatic hydroxyl groups is 1. The van der Waals surface area contributed by atoms with Crippen molar-refractivity contribution in [2.24, 2.45) is 5.92 Å². The van der Waals surface area contributed by atoms with Crippen molar-refractivity contribution in [1.82, 2.24) is 0 Å². The molecule has 32 heavy (non-hydrogen) atoms. The molecular formula is C31H64O. The first kappa shape index (κ1) is 32.0. The standard InChI is InChI=1S/C31H64O/c1-4-7-10-13-15-17-19-21-24-27-30(26-23-12-9-6-3)29-31(32)28-25-22-20-18-16-14-11-8-5-2/h30-32H,4-29H2,1-3H3. The molecule has 0 saturated carbocycles. The Morgan fingerprint density at radius 1 is 0.375 bits per heavy atom. The van der Waals surface area contributed by atoms with Crippen LogP contribution >= 0.6 is 0 Å². The molecule has 1 nitrogen and oxygen atoms in total. The van der Waals surface area contributed by atoms with E-state index in [1.54, 1.807) is 0 Å². The van der Waals surface area contributed by atoms with Gasteiger partial charge in [0.05, 0.1) is 6.10 Å². The van der Waals surface area contributed by atoms with Crippen LogP contribution in [0.4, 0.5) is 0 Å². The minimum absolute atomic E-state index is 0.0469. The van der Waals surface area contributed by atoms with E-state index in [1.165, 1.54) is 154 Å². The topological polar surface area (TPSA) is 20.2 Å². The van der Waals surface area contributed by atoms with E-state index in [0.717, 1.165) is 18.8 Å². The van der Waals surface area contributed by atoms with E-state index in [1.807, 2.05) is 0 Å². The molecule has 0 aromatic rings. The molecular weight excluding hydrogens is 388 g/mol. The number of hydrogen-bond donors (Lipinski definition) is 1. The highest BCUT2D eigenvalue weighted by atomic mass is 16.3. The highest BCUT2D eigenvalue weighted by molar-refractivity contribution is 4.67. The monoisotopic (exact) mass is 452 g/mol. The van der Waals surface area contributed by atoms with Crippen molar-refractivity contribution < 1.29 is 5.11 Å². The molecule has 1 N–H and O–H groups in total. The van der Waals surface area contributed by atoms with Gasteiger partial charge < -0.3 is 5.11 Å². The van der Waals surface area contributed by atoms with E-state index in [-0.39, 0.29) is 6.10 Å². The molecule has 0 heterocycles. The molecule has 0 aliphatic heterocycles. The molecule has 0 aliphatic carbocycles. The molecule has 0 aromatic carbocycles. The summed E-state index contributed by atoms with van der Waals surface area (Å²) in [4.78, 5) is 0. The zero-order valence-corrected chi connectivity index (χ0v) is 23.0. The van der Waals surface area contributed by atoms with Crippen molar-refractivity contribution in [1.29, 1.82) is 0 Å². The maximum atomic E-state index is 10.7. The average molecular weight is 453 g/mol. The molecule has 0 spiro atoms. The Kier molecular flexibility index (Phi) is 27.2. The fourth-order valence-corrected chi connectivity index (χ4v) is 5.18. The third-order valence-corrected chi connectivity index (χ3v) is 7.43. The zero-order chi connectivity index (χ0) is 23.5. The maximum Gasteiger partial charge on any atom is 0.0542 e. The van der Waals surface area contributed by atoms with Gasteiger partial charge in [0.15, 0.2) is 0 Å². The summed E-state index contributed by atoms with van der Waals surface area (Å²) in [6, 6.07) is 0. The number of rotatable bonds is 27. The molecule has 0 fully saturated rings. The summed E-state index contributed by atoms with van der Waals surface area (Å²) in [5.74, 6) is 0.768. The Labute approximate surface area is 204 Å². The SMILES string of the molecule is CCCCCCCCCCCC(O)CC(CCCCCC)CCCCCCCCCCC. The summed E-state index contributed by atoms with van der Waals surface area (Å²) < 4.78 is 0. The normalized spacial score (nSPS) is 13.5. The van der Waals surface area contributed by atoms with Gasteiger partial charge in [0, 0.05) is 0 Å². The Bertz CT molecular complexity index is 326. The van der Waals surface area contributed by atoms with Crippen LogP contribution in [0, 0.1) is 5.92 Å². The Morgan fingerprint density at radius 2 is 0.656 bits per heavy atom. The van der Waals surface area contributed by atoms with E-state index in [2.05, 4.69) is 20.8 Å². The number of hydrogen-bond acceptors (Lipinski definition) is 1. The third kappa shape index (κ3) is 24.6. The van der Waals surface area contributed by atoms with Crippen LogP contribution in [0.25, 0.3) is 0 Å². The average Bonchev–Trinajstić information content (AvgIpc) is 2.79. The molecule has 0 aliphatic rings. The van der Waals surface area contributed by atoms with Crippen LogP contribution in [0.2, 0.25) is 0 Å². The van der Waals surface area contributed by atoms with Gasteiger partial charge in [-0.25, -0.2) is 0 Å². The Hall–Kier alpha value is -0.0400. The van der Waals surface area contributed by atoms with E-state index in [0.29, 0.717) is 0 Å². The first-order valence-corrected chi connectivity index (χ1v) is 15.4. The Morgan fingerprint density at radius 3 is 1.03 bits per heavy atom. The second-order valence-corrected chi connectivity index (χ2v) is 10.8. The first-order valence-electron chi connectivity index (χ1n) is 15.4. The fraction of sp³-hybridized carbons (Fsp3) is 1.00.